The number of likely N-dealkylation sites (tertiary alicyclic amines) is 1. The number of hydrogen-bond donors (Lipinski definition) is 2. The maximum absolute atomic E-state index is 5.60. The molecule has 19 heavy (non-hydrogen) atoms. The van der Waals surface area contributed by atoms with Crippen LogP contribution in [0.25, 0.3) is 0 Å². The van der Waals surface area contributed by atoms with E-state index in [0.29, 0.717) is 6.54 Å². The zero-order chi connectivity index (χ0) is 13.1. The predicted molar refractivity (Wildman–Crippen MR) is 76.1 cm³/mol. The van der Waals surface area contributed by atoms with Gasteiger partial charge in [-0.2, -0.15) is 0 Å². The summed E-state index contributed by atoms with van der Waals surface area (Å²) in [6.07, 6.45) is 7.04. The minimum absolute atomic E-state index is 0.224. The average molecular weight is 277 g/mol. The summed E-state index contributed by atoms with van der Waals surface area (Å²) in [6.45, 7) is 2.92. The summed E-state index contributed by atoms with van der Waals surface area (Å²) in [5.41, 5.74) is 7.84. The number of nitrogens with one attached hydrogen (secondary N) is 1. The number of aromatic nitrogens is 3. The molecule has 2 aromatic rings. The van der Waals surface area contributed by atoms with E-state index in [1.165, 1.54) is 12.8 Å². The summed E-state index contributed by atoms with van der Waals surface area (Å²) in [4.78, 5) is 14.6. The molecule has 0 aliphatic carbocycles. The van der Waals surface area contributed by atoms with Gasteiger partial charge in [-0.25, -0.2) is 9.97 Å². The number of thiazole rings is 1. The van der Waals surface area contributed by atoms with Gasteiger partial charge >= 0.3 is 0 Å². The molecule has 0 spiro atoms. The molecular formula is C13H19N5S. The normalized spacial score (nSPS) is 17.9. The first kappa shape index (κ1) is 12.8. The lowest BCUT2D eigenvalue weighted by atomic mass is 10.2. The zero-order valence-corrected chi connectivity index (χ0v) is 11.7. The molecule has 0 aromatic carbocycles. The molecule has 0 radical (unpaired) electrons. The van der Waals surface area contributed by atoms with Gasteiger partial charge in [-0.15, -0.1) is 11.3 Å². The van der Waals surface area contributed by atoms with Gasteiger partial charge < -0.3 is 10.7 Å². The van der Waals surface area contributed by atoms with Gasteiger partial charge in [0.2, 0.25) is 0 Å². The molecule has 1 atom stereocenters. The largest absolute Gasteiger partial charge is 0.347 e. The number of rotatable bonds is 5. The van der Waals surface area contributed by atoms with E-state index in [-0.39, 0.29) is 6.04 Å². The first-order valence-corrected chi connectivity index (χ1v) is 7.63. The van der Waals surface area contributed by atoms with Crippen LogP contribution in [-0.2, 0) is 6.42 Å². The number of H-pyrrole nitrogens is 1. The first-order valence-electron chi connectivity index (χ1n) is 6.75. The molecule has 2 aromatic heterocycles. The van der Waals surface area contributed by atoms with Crippen LogP contribution in [-0.4, -0.2) is 39.5 Å². The van der Waals surface area contributed by atoms with E-state index in [4.69, 9.17) is 10.7 Å². The molecule has 102 valence electrons. The van der Waals surface area contributed by atoms with E-state index < -0.39 is 0 Å². The molecule has 0 bridgehead atoms. The second-order valence-electron chi connectivity index (χ2n) is 4.87. The Morgan fingerprint density at radius 2 is 2.26 bits per heavy atom. The fourth-order valence-corrected chi connectivity index (χ4v) is 3.62. The summed E-state index contributed by atoms with van der Waals surface area (Å²) < 4.78 is 0. The summed E-state index contributed by atoms with van der Waals surface area (Å²) in [6, 6.07) is 0.224. The van der Waals surface area contributed by atoms with Crippen LogP contribution in [0.2, 0.25) is 0 Å². The third-order valence-electron chi connectivity index (χ3n) is 3.52. The van der Waals surface area contributed by atoms with Gasteiger partial charge in [0.05, 0.1) is 17.7 Å². The number of nitrogens with two attached hydrogens (primary N) is 1. The van der Waals surface area contributed by atoms with Crippen molar-refractivity contribution in [3.63, 3.8) is 0 Å². The van der Waals surface area contributed by atoms with Crippen molar-refractivity contribution in [2.45, 2.75) is 25.3 Å². The number of imidazole rings is 1. The average Bonchev–Trinajstić information content (AvgIpc) is 3.13. The van der Waals surface area contributed by atoms with E-state index in [0.717, 1.165) is 35.9 Å². The smallest absolute Gasteiger partial charge is 0.116 e. The van der Waals surface area contributed by atoms with Crippen LogP contribution in [0.15, 0.2) is 17.9 Å². The molecule has 0 saturated carbocycles. The molecule has 3 heterocycles. The Morgan fingerprint density at radius 3 is 2.95 bits per heavy atom. The molecule has 3 rings (SSSR count). The molecule has 1 saturated heterocycles. The van der Waals surface area contributed by atoms with Crippen molar-refractivity contribution in [2.24, 2.45) is 5.73 Å². The SMILES string of the molecule is NCCc1csc(C(c2cnc[nH]2)N2CCCC2)n1. The number of aromatic amines is 1. The Bertz CT molecular complexity index is 501. The molecule has 1 aliphatic rings. The van der Waals surface area contributed by atoms with E-state index in [1.807, 2.05) is 6.20 Å². The van der Waals surface area contributed by atoms with E-state index in [9.17, 15) is 0 Å². The molecule has 1 unspecified atom stereocenters. The topological polar surface area (TPSA) is 70.8 Å². The van der Waals surface area contributed by atoms with Gasteiger partial charge in [-0.1, -0.05) is 0 Å². The van der Waals surface area contributed by atoms with Crippen LogP contribution in [0.4, 0.5) is 0 Å². The lowest BCUT2D eigenvalue weighted by Crippen LogP contribution is -2.26. The predicted octanol–water partition coefficient (Wildman–Crippen LogP) is 1.55. The Hall–Kier alpha value is -1.24. The number of hydrogen-bond acceptors (Lipinski definition) is 5. The molecule has 1 fully saturated rings. The van der Waals surface area contributed by atoms with Gasteiger partial charge in [-0.05, 0) is 32.5 Å². The quantitative estimate of drug-likeness (QED) is 0.870. The Balaban J connectivity index is 1.89. The summed E-state index contributed by atoms with van der Waals surface area (Å²) in [5.74, 6) is 0. The maximum Gasteiger partial charge on any atom is 0.116 e. The Kier molecular flexibility index (Phi) is 3.91. The van der Waals surface area contributed by atoms with Gasteiger partial charge in [0.1, 0.15) is 11.0 Å². The van der Waals surface area contributed by atoms with Crippen LogP contribution in [0.3, 0.4) is 0 Å². The fraction of sp³-hybridized carbons (Fsp3) is 0.538. The van der Waals surface area contributed by atoms with Gasteiger partial charge in [0.25, 0.3) is 0 Å². The third kappa shape index (κ3) is 2.70. The second-order valence-corrected chi connectivity index (χ2v) is 5.76. The lowest BCUT2D eigenvalue weighted by Gasteiger charge is -2.24. The highest BCUT2D eigenvalue weighted by atomic mass is 32.1. The van der Waals surface area contributed by atoms with Crippen molar-refractivity contribution in [1.29, 1.82) is 0 Å². The molecule has 3 N–H and O–H groups in total. The highest BCUT2D eigenvalue weighted by Crippen LogP contribution is 2.32. The molecule has 1 aliphatic heterocycles. The first-order chi connectivity index (χ1) is 9.38. The van der Waals surface area contributed by atoms with Crippen molar-refractivity contribution in [3.8, 4) is 0 Å². The maximum atomic E-state index is 5.60. The fourth-order valence-electron chi connectivity index (χ4n) is 2.61. The van der Waals surface area contributed by atoms with E-state index in [1.54, 1.807) is 17.7 Å². The van der Waals surface area contributed by atoms with Crippen molar-refractivity contribution in [3.05, 3.63) is 34.3 Å². The monoisotopic (exact) mass is 277 g/mol. The zero-order valence-electron chi connectivity index (χ0n) is 10.9. The highest BCUT2D eigenvalue weighted by Gasteiger charge is 2.28. The van der Waals surface area contributed by atoms with Crippen molar-refractivity contribution in [2.75, 3.05) is 19.6 Å². The van der Waals surface area contributed by atoms with Gasteiger partial charge in [0, 0.05) is 18.0 Å². The van der Waals surface area contributed by atoms with Crippen molar-refractivity contribution in [1.82, 2.24) is 19.9 Å². The van der Waals surface area contributed by atoms with Crippen molar-refractivity contribution < 1.29 is 0 Å². The minimum Gasteiger partial charge on any atom is -0.347 e. The van der Waals surface area contributed by atoms with Crippen LogP contribution < -0.4 is 5.73 Å². The van der Waals surface area contributed by atoms with Crippen LogP contribution in [0.1, 0.15) is 35.3 Å². The highest BCUT2D eigenvalue weighted by molar-refractivity contribution is 7.09. The summed E-state index contributed by atoms with van der Waals surface area (Å²) in [5, 5.41) is 3.27. The number of nitrogens with zero attached hydrogens (tertiary/aromatic N) is 3. The van der Waals surface area contributed by atoms with Gasteiger partial charge in [-0.3, -0.25) is 4.90 Å². The van der Waals surface area contributed by atoms with Crippen molar-refractivity contribution >= 4 is 11.3 Å². The standard InChI is InChI=1S/C13H19N5S/c14-4-3-10-8-19-13(17-10)12(11-7-15-9-16-11)18-5-1-2-6-18/h7-9,12H,1-6,14H2,(H,15,16). The Labute approximate surface area is 116 Å². The summed E-state index contributed by atoms with van der Waals surface area (Å²) >= 11 is 1.73. The summed E-state index contributed by atoms with van der Waals surface area (Å²) in [7, 11) is 0. The lowest BCUT2D eigenvalue weighted by molar-refractivity contribution is 0.276. The van der Waals surface area contributed by atoms with E-state index in [2.05, 4.69) is 20.2 Å². The Morgan fingerprint density at radius 1 is 1.42 bits per heavy atom. The molecule has 0 amide bonds. The van der Waals surface area contributed by atoms with Crippen LogP contribution >= 0.6 is 11.3 Å². The second kappa shape index (κ2) is 5.81. The molecular weight excluding hydrogens is 258 g/mol. The van der Waals surface area contributed by atoms with E-state index >= 15 is 0 Å². The van der Waals surface area contributed by atoms with Gasteiger partial charge in [0.15, 0.2) is 0 Å². The molecule has 5 nitrogen and oxygen atoms in total. The molecule has 6 heteroatoms. The van der Waals surface area contributed by atoms with Crippen LogP contribution in [0, 0.1) is 0 Å². The third-order valence-corrected chi connectivity index (χ3v) is 4.47. The van der Waals surface area contributed by atoms with Crippen LogP contribution in [0.5, 0.6) is 0 Å². The minimum atomic E-state index is 0.224.